The number of nitrogens with zero attached hydrogens (tertiary/aromatic N) is 2. The molecule has 3 rings (SSSR count). The molecule has 0 bridgehead atoms. The fourth-order valence-electron chi connectivity index (χ4n) is 2.88. The summed E-state index contributed by atoms with van der Waals surface area (Å²) in [5.41, 5.74) is 2.81. The van der Waals surface area contributed by atoms with Gasteiger partial charge in [-0.15, -0.1) is 0 Å². The fourth-order valence-corrected chi connectivity index (χ4v) is 2.88. The lowest BCUT2D eigenvalue weighted by molar-refractivity contribution is 0.0918. The fraction of sp³-hybridized carbons (Fsp3) is 0.500. The van der Waals surface area contributed by atoms with Crippen LogP contribution in [-0.4, -0.2) is 36.0 Å². The summed E-state index contributed by atoms with van der Waals surface area (Å²) >= 11 is 0. The van der Waals surface area contributed by atoms with Crippen molar-refractivity contribution in [1.29, 1.82) is 0 Å². The first-order valence-corrected chi connectivity index (χ1v) is 7.61. The van der Waals surface area contributed by atoms with Crippen LogP contribution in [0.2, 0.25) is 0 Å². The normalized spacial score (nSPS) is 16.1. The van der Waals surface area contributed by atoms with E-state index in [0.29, 0.717) is 11.9 Å². The average molecular weight is 286 g/mol. The molecule has 0 saturated heterocycles. The summed E-state index contributed by atoms with van der Waals surface area (Å²) in [4.78, 5) is 21.8. The Balaban J connectivity index is 1.78. The molecule has 0 spiro atoms. The van der Waals surface area contributed by atoms with Crippen LogP contribution in [0.1, 0.15) is 42.7 Å². The van der Waals surface area contributed by atoms with Crippen molar-refractivity contribution in [3.63, 3.8) is 0 Å². The van der Waals surface area contributed by atoms with Crippen LogP contribution in [0, 0.1) is 0 Å². The van der Waals surface area contributed by atoms with Gasteiger partial charge in [0, 0.05) is 25.8 Å². The minimum Gasteiger partial charge on any atom is -0.378 e. The van der Waals surface area contributed by atoms with E-state index in [1.807, 2.05) is 37.2 Å². The van der Waals surface area contributed by atoms with Gasteiger partial charge in [0.05, 0.1) is 11.0 Å². The van der Waals surface area contributed by atoms with Gasteiger partial charge >= 0.3 is 0 Å². The minimum absolute atomic E-state index is 0.0931. The van der Waals surface area contributed by atoms with Gasteiger partial charge in [0.2, 0.25) is 0 Å². The average Bonchev–Trinajstić information content (AvgIpc) is 2.91. The molecule has 2 aromatic rings. The largest absolute Gasteiger partial charge is 0.378 e. The van der Waals surface area contributed by atoms with Gasteiger partial charge in [-0.3, -0.25) is 4.79 Å². The highest BCUT2D eigenvalue weighted by Gasteiger charge is 2.18. The molecule has 1 fully saturated rings. The van der Waals surface area contributed by atoms with Gasteiger partial charge in [-0.25, -0.2) is 4.98 Å². The summed E-state index contributed by atoms with van der Waals surface area (Å²) in [5.74, 6) is 0.316. The summed E-state index contributed by atoms with van der Waals surface area (Å²) in [6, 6.07) is 6.27. The maximum absolute atomic E-state index is 12.3. The number of fused-ring (bicyclic) bond motifs is 1. The maximum atomic E-state index is 12.3. The Morgan fingerprint density at radius 2 is 2.05 bits per heavy atom. The number of hydrogen-bond acceptors (Lipinski definition) is 3. The van der Waals surface area contributed by atoms with E-state index in [4.69, 9.17) is 0 Å². The number of amides is 1. The van der Waals surface area contributed by atoms with Crippen molar-refractivity contribution in [2.45, 2.75) is 38.1 Å². The van der Waals surface area contributed by atoms with Crippen LogP contribution in [0.25, 0.3) is 11.0 Å². The van der Waals surface area contributed by atoms with Crippen molar-refractivity contribution in [1.82, 2.24) is 15.3 Å². The molecule has 21 heavy (non-hydrogen) atoms. The number of H-pyrrole nitrogens is 1. The third kappa shape index (κ3) is 3.01. The number of nitrogens with one attached hydrogen (secondary N) is 2. The Bertz CT molecular complexity index is 641. The van der Waals surface area contributed by atoms with Crippen LogP contribution in [-0.2, 0) is 0 Å². The number of anilines is 1. The molecule has 1 aliphatic rings. The van der Waals surface area contributed by atoms with Crippen molar-refractivity contribution in [3.05, 3.63) is 24.0 Å². The monoisotopic (exact) mass is 286 g/mol. The Labute approximate surface area is 124 Å². The highest BCUT2D eigenvalue weighted by Crippen LogP contribution is 2.20. The van der Waals surface area contributed by atoms with Crippen LogP contribution >= 0.6 is 0 Å². The highest BCUT2D eigenvalue weighted by atomic mass is 16.2. The molecule has 5 nitrogen and oxygen atoms in total. The molecule has 0 unspecified atom stereocenters. The van der Waals surface area contributed by atoms with E-state index in [1.54, 1.807) is 0 Å². The topological polar surface area (TPSA) is 61.0 Å². The third-order valence-corrected chi connectivity index (χ3v) is 4.14. The zero-order chi connectivity index (χ0) is 14.8. The number of carbonyl (C=O) groups excluding carboxylic acids is 1. The summed E-state index contributed by atoms with van der Waals surface area (Å²) in [6.07, 6.45) is 5.85. The molecule has 1 aromatic heterocycles. The Morgan fingerprint density at radius 1 is 1.29 bits per heavy atom. The molecular formula is C16H22N4O. The molecule has 0 aliphatic heterocycles. The number of carbonyl (C=O) groups is 1. The van der Waals surface area contributed by atoms with Crippen molar-refractivity contribution in [3.8, 4) is 0 Å². The van der Waals surface area contributed by atoms with Crippen molar-refractivity contribution >= 4 is 22.6 Å². The minimum atomic E-state index is -0.0931. The number of rotatable bonds is 3. The lowest BCUT2D eigenvalue weighted by atomic mass is 9.95. The van der Waals surface area contributed by atoms with E-state index in [1.165, 1.54) is 19.3 Å². The summed E-state index contributed by atoms with van der Waals surface area (Å²) in [6.45, 7) is 0. The predicted molar refractivity (Wildman–Crippen MR) is 84.8 cm³/mol. The van der Waals surface area contributed by atoms with Crippen molar-refractivity contribution in [2.24, 2.45) is 0 Å². The molecule has 2 N–H and O–H groups in total. The SMILES string of the molecule is CN(C)c1ccc2nc(C(=O)NC3CCCCC3)[nH]c2c1. The van der Waals surface area contributed by atoms with E-state index in [2.05, 4.69) is 15.3 Å². The van der Waals surface area contributed by atoms with E-state index in [9.17, 15) is 4.79 Å². The first kappa shape index (κ1) is 13.9. The second-order valence-electron chi connectivity index (χ2n) is 5.99. The lowest BCUT2D eigenvalue weighted by Gasteiger charge is -2.22. The first-order chi connectivity index (χ1) is 10.1. The lowest BCUT2D eigenvalue weighted by Crippen LogP contribution is -2.36. The zero-order valence-electron chi connectivity index (χ0n) is 12.6. The van der Waals surface area contributed by atoms with Gasteiger partial charge in [-0.2, -0.15) is 0 Å². The van der Waals surface area contributed by atoms with Crippen molar-refractivity contribution in [2.75, 3.05) is 19.0 Å². The molecule has 1 aromatic carbocycles. The summed E-state index contributed by atoms with van der Waals surface area (Å²) in [5, 5.41) is 3.09. The summed E-state index contributed by atoms with van der Waals surface area (Å²) in [7, 11) is 3.99. The van der Waals surface area contributed by atoms with E-state index >= 15 is 0 Å². The van der Waals surface area contributed by atoms with Crippen LogP contribution in [0.5, 0.6) is 0 Å². The molecule has 1 amide bonds. The van der Waals surface area contributed by atoms with E-state index in [0.717, 1.165) is 29.6 Å². The van der Waals surface area contributed by atoms with E-state index < -0.39 is 0 Å². The number of aromatic nitrogens is 2. The van der Waals surface area contributed by atoms with Gasteiger partial charge in [0.15, 0.2) is 5.82 Å². The van der Waals surface area contributed by atoms with Crippen LogP contribution < -0.4 is 10.2 Å². The van der Waals surface area contributed by atoms with Crippen LogP contribution in [0.3, 0.4) is 0 Å². The molecule has 112 valence electrons. The number of benzene rings is 1. The summed E-state index contributed by atoms with van der Waals surface area (Å²) < 4.78 is 0. The molecule has 0 radical (unpaired) electrons. The number of imidazole rings is 1. The molecule has 1 aliphatic carbocycles. The van der Waals surface area contributed by atoms with Gasteiger partial charge in [-0.1, -0.05) is 19.3 Å². The predicted octanol–water partition coefficient (Wildman–Crippen LogP) is 2.69. The number of hydrogen-bond donors (Lipinski definition) is 2. The Morgan fingerprint density at radius 3 is 2.76 bits per heavy atom. The quantitative estimate of drug-likeness (QED) is 0.912. The smallest absolute Gasteiger partial charge is 0.287 e. The van der Waals surface area contributed by atoms with Crippen molar-refractivity contribution < 1.29 is 4.79 Å². The maximum Gasteiger partial charge on any atom is 0.287 e. The van der Waals surface area contributed by atoms with Gasteiger partial charge < -0.3 is 15.2 Å². The van der Waals surface area contributed by atoms with Gasteiger partial charge in [0.25, 0.3) is 5.91 Å². The van der Waals surface area contributed by atoms with Crippen LogP contribution in [0.15, 0.2) is 18.2 Å². The van der Waals surface area contributed by atoms with E-state index in [-0.39, 0.29) is 5.91 Å². The Kier molecular flexibility index (Phi) is 3.82. The molecular weight excluding hydrogens is 264 g/mol. The van der Waals surface area contributed by atoms with Gasteiger partial charge in [0.1, 0.15) is 0 Å². The zero-order valence-corrected chi connectivity index (χ0v) is 12.6. The molecule has 0 atom stereocenters. The highest BCUT2D eigenvalue weighted by molar-refractivity contribution is 5.94. The first-order valence-electron chi connectivity index (χ1n) is 7.61. The molecule has 5 heteroatoms. The standard InChI is InChI=1S/C16H22N4O/c1-20(2)12-8-9-13-14(10-12)19-15(18-13)16(21)17-11-6-4-3-5-7-11/h8-11H,3-7H2,1-2H3,(H,17,21)(H,18,19). The Hall–Kier alpha value is -2.04. The third-order valence-electron chi connectivity index (χ3n) is 4.14. The van der Waals surface area contributed by atoms with Crippen LogP contribution in [0.4, 0.5) is 5.69 Å². The van der Waals surface area contributed by atoms with Gasteiger partial charge in [-0.05, 0) is 31.0 Å². The molecule has 1 heterocycles. The second kappa shape index (κ2) is 5.76. The molecule has 1 saturated carbocycles. The second-order valence-corrected chi connectivity index (χ2v) is 5.99. The number of aromatic amines is 1.